The highest BCUT2D eigenvalue weighted by Gasteiger charge is 2.12. The van der Waals surface area contributed by atoms with E-state index in [1.54, 1.807) is 13.8 Å². The normalized spacial score (nSPS) is 13.2. The van der Waals surface area contributed by atoms with Gasteiger partial charge in [-0.25, -0.2) is 4.98 Å². The van der Waals surface area contributed by atoms with Crippen molar-refractivity contribution in [1.82, 2.24) is 15.0 Å². The predicted molar refractivity (Wildman–Crippen MR) is 85.7 cm³/mol. The zero-order chi connectivity index (χ0) is 16.2. The maximum atomic E-state index is 5.85. The van der Waals surface area contributed by atoms with Gasteiger partial charge in [0.15, 0.2) is 17.5 Å². The molecule has 23 heavy (non-hydrogen) atoms. The number of aryl methyl sites for hydroxylation is 2. The molecule has 0 atom stereocenters. The van der Waals surface area contributed by atoms with Gasteiger partial charge in [0.25, 0.3) is 0 Å². The molecular weight excluding hydrogens is 296 g/mol. The van der Waals surface area contributed by atoms with Gasteiger partial charge in [-0.15, -0.1) is 0 Å². The molecule has 2 heterocycles. The van der Waals surface area contributed by atoms with E-state index in [1.807, 2.05) is 18.2 Å². The van der Waals surface area contributed by atoms with Crippen LogP contribution in [0, 0.1) is 13.8 Å². The molecule has 8 heteroatoms. The molecule has 1 aromatic heterocycles. The number of anilines is 1. The van der Waals surface area contributed by atoms with Crippen molar-refractivity contribution in [3.63, 3.8) is 0 Å². The Kier molecular flexibility index (Phi) is 4.22. The van der Waals surface area contributed by atoms with E-state index in [0.29, 0.717) is 24.1 Å². The first-order valence-corrected chi connectivity index (χ1v) is 7.25. The molecule has 120 valence electrons. The molecule has 1 aromatic carbocycles. The third-order valence-corrected chi connectivity index (χ3v) is 3.22. The molecule has 0 saturated heterocycles. The number of hydrogen-bond acceptors (Lipinski definition) is 6. The summed E-state index contributed by atoms with van der Waals surface area (Å²) in [6, 6.07) is 5.85. The fourth-order valence-corrected chi connectivity index (χ4v) is 2.23. The van der Waals surface area contributed by atoms with E-state index in [4.69, 9.17) is 15.2 Å². The van der Waals surface area contributed by atoms with Crippen molar-refractivity contribution in [2.24, 2.45) is 10.7 Å². The summed E-state index contributed by atoms with van der Waals surface area (Å²) in [6.07, 6.45) is 0.744. The van der Waals surface area contributed by atoms with Gasteiger partial charge in [0.1, 0.15) is 11.6 Å². The SMILES string of the molecule is Cc1nc(C)nc(NC(N)=NCCc2ccc3c(c2)OCO3)n1. The van der Waals surface area contributed by atoms with Gasteiger partial charge in [0.2, 0.25) is 12.7 Å². The summed E-state index contributed by atoms with van der Waals surface area (Å²) in [7, 11) is 0. The maximum Gasteiger partial charge on any atom is 0.233 e. The summed E-state index contributed by atoms with van der Waals surface area (Å²) in [4.78, 5) is 16.7. The number of guanidine groups is 1. The lowest BCUT2D eigenvalue weighted by Gasteiger charge is -2.05. The summed E-state index contributed by atoms with van der Waals surface area (Å²) in [5.74, 6) is 3.49. The van der Waals surface area contributed by atoms with Crippen LogP contribution in [0.4, 0.5) is 5.95 Å². The first-order valence-electron chi connectivity index (χ1n) is 7.25. The average molecular weight is 314 g/mol. The Morgan fingerprint density at radius 3 is 2.70 bits per heavy atom. The monoisotopic (exact) mass is 314 g/mol. The molecule has 0 aliphatic carbocycles. The lowest BCUT2D eigenvalue weighted by atomic mass is 10.1. The van der Waals surface area contributed by atoms with Crippen molar-refractivity contribution >= 4 is 11.9 Å². The van der Waals surface area contributed by atoms with E-state index in [-0.39, 0.29) is 12.8 Å². The van der Waals surface area contributed by atoms with Gasteiger partial charge in [-0.05, 0) is 38.0 Å². The van der Waals surface area contributed by atoms with Crippen molar-refractivity contribution in [2.45, 2.75) is 20.3 Å². The molecule has 2 aromatic rings. The van der Waals surface area contributed by atoms with Gasteiger partial charge in [-0.3, -0.25) is 10.3 Å². The minimum Gasteiger partial charge on any atom is -0.454 e. The highest BCUT2D eigenvalue weighted by molar-refractivity contribution is 5.90. The standard InChI is InChI=1S/C15H18N6O2/c1-9-18-10(2)20-15(19-9)21-14(16)17-6-5-11-3-4-12-13(7-11)23-8-22-12/h3-4,7H,5-6,8H2,1-2H3,(H3,16,17,18,19,20,21). The van der Waals surface area contributed by atoms with Crippen molar-refractivity contribution < 1.29 is 9.47 Å². The Balaban J connectivity index is 1.57. The fourth-order valence-electron chi connectivity index (χ4n) is 2.23. The molecule has 3 rings (SSSR count). The first-order chi connectivity index (χ1) is 11.1. The molecule has 8 nitrogen and oxygen atoms in total. The largest absolute Gasteiger partial charge is 0.454 e. The highest BCUT2D eigenvalue weighted by atomic mass is 16.7. The van der Waals surface area contributed by atoms with Gasteiger partial charge in [-0.1, -0.05) is 6.07 Å². The smallest absolute Gasteiger partial charge is 0.233 e. The van der Waals surface area contributed by atoms with Crippen LogP contribution in [0.15, 0.2) is 23.2 Å². The van der Waals surface area contributed by atoms with E-state index in [9.17, 15) is 0 Å². The molecule has 3 N–H and O–H groups in total. The van der Waals surface area contributed by atoms with Crippen LogP contribution < -0.4 is 20.5 Å². The number of nitrogens with zero attached hydrogens (tertiary/aromatic N) is 4. The number of aromatic nitrogens is 3. The molecule has 0 saturated carbocycles. The van der Waals surface area contributed by atoms with Crippen molar-refractivity contribution in [1.29, 1.82) is 0 Å². The number of ether oxygens (including phenoxy) is 2. The zero-order valence-corrected chi connectivity index (χ0v) is 13.0. The summed E-state index contributed by atoms with van der Waals surface area (Å²) in [6.45, 7) is 4.42. The van der Waals surface area contributed by atoms with Crippen LogP contribution in [0.5, 0.6) is 11.5 Å². The lowest BCUT2D eigenvalue weighted by Crippen LogP contribution is -2.25. The Hall–Kier alpha value is -2.90. The van der Waals surface area contributed by atoms with Crippen LogP contribution in [-0.2, 0) is 6.42 Å². The topological polar surface area (TPSA) is 108 Å². The van der Waals surface area contributed by atoms with Crippen molar-refractivity contribution in [2.75, 3.05) is 18.7 Å². The molecular formula is C15H18N6O2. The van der Waals surface area contributed by atoms with Gasteiger partial charge >= 0.3 is 0 Å². The molecule has 0 amide bonds. The van der Waals surface area contributed by atoms with E-state index in [1.165, 1.54) is 0 Å². The molecule has 0 fully saturated rings. The van der Waals surface area contributed by atoms with Crippen LogP contribution in [0.2, 0.25) is 0 Å². The molecule has 0 unspecified atom stereocenters. The van der Waals surface area contributed by atoms with E-state index in [2.05, 4.69) is 25.3 Å². The second-order valence-electron chi connectivity index (χ2n) is 5.08. The number of aliphatic imine (C=N–C) groups is 1. The van der Waals surface area contributed by atoms with Gasteiger partial charge in [-0.2, -0.15) is 9.97 Å². The van der Waals surface area contributed by atoms with Crippen LogP contribution >= 0.6 is 0 Å². The average Bonchev–Trinajstić information content (AvgIpc) is 2.93. The highest BCUT2D eigenvalue weighted by Crippen LogP contribution is 2.32. The number of fused-ring (bicyclic) bond motifs is 1. The van der Waals surface area contributed by atoms with Crippen LogP contribution in [0.3, 0.4) is 0 Å². The Morgan fingerprint density at radius 1 is 1.17 bits per heavy atom. The Morgan fingerprint density at radius 2 is 1.91 bits per heavy atom. The Labute approximate surface area is 133 Å². The van der Waals surface area contributed by atoms with Crippen molar-refractivity contribution in [3.8, 4) is 11.5 Å². The molecule has 0 bridgehead atoms. The summed E-state index contributed by atoms with van der Waals surface area (Å²) in [5, 5.41) is 2.87. The molecule has 0 spiro atoms. The number of nitrogens with one attached hydrogen (secondary N) is 1. The summed E-state index contributed by atoms with van der Waals surface area (Å²) in [5.41, 5.74) is 6.96. The second kappa shape index (κ2) is 6.47. The molecule has 1 aliphatic heterocycles. The minimum atomic E-state index is 0.274. The fraction of sp³-hybridized carbons (Fsp3) is 0.333. The minimum absolute atomic E-state index is 0.274. The Bertz CT molecular complexity index is 726. The number of hydrogen-bond donors (Lipinski definition) is 2. The number of nitrogens with two attached hydrogens (primary N) is 1. The van der Waals surface area contributed by atoms with Gasteiger partial charge in [0.05, 0.1) is 0 Å². The number of rotatable bonds is 4. The van der Waals surface area contributed by atoms with Crippen LogP contribution in [-0.4, -0.2) is 34.2 Å². The zero-order valence-electron chi connectivity index (χ0n) is 13.0. The first kappa shape index (κ1) is 15.0. The summed E-state index contributed by atoms with van der Waals surface area (Å²) < 4.78 is 10.6. The van der Waals surface area contributed by atoms with E-state index < -0.39 is 0 Å². The predicted octanol–water partition coefficient (Wildman–Crippen LogP) is 1.19. The third kappa shape index (κ3) is 3.85. The van der Waals surface area contributed by atoms with Crippen LogP contribution in [0.1, 0.15) is 17.2 Å². The van der Waals surface area contributed by atoms with Gasteiger partial charge < -0.3 is 15.2 Å². The van der Waals surface area contributed by atoms with E-state index in [0.717, 1.165) is 23.5 Å². The summed E-state index contributed by atoms with van der Waals surface area (Å²) >= 11 is 0. The maximum absolute atomic E-state index is 5.85. The van der Waals surface area contributed by atoms with E-state index >= 15 is 0 Å². The molecule has 0 radical (unpaired) electrons. The quantitative estimate of drug-likeness (QED) is 0.644. The van der Waals surface area contributed by atoms with Crippen LogP contribution in [0.25, 0.3) is 0 Å². The van der Waals surface area contributed by atoms with Gasteiger partial charge in [0, 0.05) is 6.54 Å². The lowest BCUT2D eigenvalue weighted by molar-refractivity contribution is 0.174. The number of benzene rings is 1. The molecule has 1 aliphatic rings. The second-order valence-corrected chi connectivity index (χ2v) is 5.08. The van der Waals surface area contributed by atoms with Crippen molar-refractivity contribution in [3.05, 3.63) is 35.4 Å². The third-order valence-electron chi connectivity index (χ3n) is 3.22.